The molecule has 0 saturated carbocycles. The molecular weight excluding hydrogens is 349 g/mol. The van der Waals surface area contributed by atoms with E-state index in [1.54, 1.807) is 6.07 Å². The molecule has 3 rings (SSSR count). The summed E-state index contributed by atoms with van der Waals surface area (Å²) in [6.07, 6.45) is 0. The van der Waals surface area contributed by atoms with Crippen LogP contribution in [-0.2, 0) is 0 Å². The number of rotatable bonds is 3. The Morgan fingerprint density at radius 1 is 1.09 bits per heavy atom. The van der Waals surface area contributed by atoms with E-state index in [2.05, 4.69) is 10.2 Å². The molecule has 1 N–H and O–H groups in total. The number of nitrogens with one attached hydrogen (secondary N) is 1. The first kappa shape index (κ1) is 17.6. The van der Waals surface area contributed by atoms with E-state index in [1.807, 2.05) is 12.1 Å². The fourth-order valence-corrected chi connectivity index (χ4v) is 3.88. The molecule has 22 heavy (non-hydrogen) atoms. The molecule has 2 nitrogen and oxygen atoms in total. The zero-order valence-electron chi connectivity index (χ0n) is 11.7. The molecule has 1 aromatic carbocycles. The van der Waals surface area contributed by atoms with Crippen molar-refractivity contribution in [3.8, 4) is 0 Å². The number of hydrogen-bond acceptors (Lipinski definition) is 3. The highest BCUT2D eigenvalue weighted by Gasteiger charge is 2.26. The number of benzene rings is 1. The first-order valence-corrected chi connectivity index (χ1v) is 7.99. The molecule has 0 radical (unpaired) electrons. The fourth-order valence-electron chi connectivity index (χ4n) is 2.65. The Morgan fingerprint density at radius 3 is 2.41 bits per heavy atom. The van der Waals surface area contributed by atoms with Gasteiger partial charge in [0, 0.05) is 31.1 Å². The van der Waals surface area contributed by atoms with Gasteiger partial charge < -0.3 is 5.32 Å². The van der Waals surface area contributed by atoms with Crippen LogP contribution in [-0.4, -0.2) is 31.1 Å². The second-order valence-corrected chi connectivity index (χ2v) is 6.75. The monoisotopic (exact) mass is 364 g/mol. The summed E-state index contributed by atoms with van der Waals surface area (Å²) in [4.78, 5) is 3.32. The highest BCUT2D eigenvalue weighted by molar-refractivity contribution is 7.16. The molecule has 7 heteroatoms. The van der Waals surface area contributed by atoms with Crippen molar-refractivity contribution in [3.05, 3.63) is 56.7 Å². The topological polar surface area (TPSA) is 15.3 Å². The van der Waals surface area contributed by atoms with Crippen LogP contribution in [0.15, 0.2) is 30.3 Å². The molecule has 2 aromatic rings. The van der Waals surface area contributed by atoms with E-state index in [0.717, 1.165) is 36.6 Å². The van der Waals surface area contributed by atoms with Gasteiger partial charge in [-0.25, -0.2) is 8.78 Å². The van der Waals surface area contributed by atoms with Crippen LogP contribution in [0.25, 0.3) is 0 Å². The highest BCUT2D eigenvalue weighted by Crippen LogP contribution is 2.35. The zero-order valence-corrected chi connectivity index (χ0v) is 14.1. The molecule has 120 valence electrons. The molecule has 0 bridgehead atoms. The van der Waals surface area contributed by atoms with E-state index in [9.17, 15) is 8.78 Å². The molecule has 1 saturated heterocycles. The Hall–Kier alpha value is -0.720. The molecule has 1 aromatic heterocycles. The standard InChI is InChI=1S/C15H15ClF2N2S.ClH/c16-14-4-3-13(21-14)15(20-7-5-19-6-8-20)10-1-2-11(17)12(18)9-10;/h1-4,9,15,19H,5-8H2;1H/t15-;/m1./s1. The summed E-state index contributed by atoms with van der Waals surface area (Å²) in [6.45, 7) is 3.50. The molecule has 1 atom stereocenters. The van der Waals surface area contributed by atoms with Crippen molar-refractivity contribution in [2.75, 3.05) is 26.2 Å². The molecule has 0 unspecified atom stereocenters. The maximum absolute atomic E-state index is 13.6. The van der Waals surface area contributed by atoms with Gasteiger partial charge in [-0.1, -0.05) is 17.7 Å². The van der Waals surface area contributed by atoms with E-state index >= 15 is 0 Å². The molecule has 1 fully saturated rings. The summed E-state index contributed by atoms with van der Waals surface area (Å²) in [7, 11) is 0. The lowest BCUT2D eigenvalue weighted by Crippen LogP contribution is -2.45. The van der Waals surface area contributed by atoms with Crippen molar-refractivity contribution in [1.82, 2.24) is 10.2 Å². The molecule has 0 spiro atoms. The van der Waals surface area contributed by atoms with Crippen molar-refractivity contribution in [1.29, 1.82) is 0 Å². The third-order valence-electron chi connectivity index (χ3n) is 3.64. The van der Waals surface area contributed by atoms with Gasteiger partial charge in [0.25, 0.3) is 0 Å². The smallest absolute Gasteiger partial charge is 0.159 e. The van der Waals surface area contributed by atoms with Gasteiger partial charge in [-0.3, -0.25) is 4.90 Å². The lowest BCUT2D eigenvalue weighted by molar-refractivity contribution is 0.200. The Labute approximate surface area is 143 Å². The third-order valence-corrected chi connectivity index (χ3v) is 4.92. The quantitative estimate of drug-likeness (QED) is 0.881. The predicted molar refractivity (Wildman–Crippen MR) is 89.2 cm³/mol. The van der Waals surface area contributed by atoms with Gasteiger partial charge in [-0.15, -0.1) is 23.7 Å². The maximum Gasteiger partial charge on any atom is 0.159 e. The van der Waals surface area contributed by atoms with Gasteiger partial charge in [-0.05, 0) is 29.8 Å². The number of halogens is 4. The largest absolute Gasteiger partial charge is 0.314 e. The second-order valence-electron chi connectivity index (χ2n) is 5.00. The van der Waals surface area contributed by atoms with Gasteiger partial charge in [-0.2, -0.15) is 0 Å². The maximum atomic E-state index is 13.6. The summed E-state index contributed by atoms with van der Waals surface area (Å²) >= 11 is 7.52. The van der Waals surface area contributed by atoms with Crippen LogP contribution in [0.3, 0.4) is 0 Å². The van der Waals surface area contributed by atoms with Crippen molar-refractivity contribution in [2.45, 2.75) is 6.04 Å². The average molecular weight is 365 g/mol. The van der Waals surface area contributed by atoms with E-state index < -0.39 is 11.6 Å². The summed E-state index contributed by atoms with van der Waals surface area (Å²) in [5.74, 6) is -1.63. The van der Waals surface area contributed by atoms with Crippen LogP contribution < -0.4 is 5.32 Å². The predicted octanol–water partition coefficient (Wildman–Crippen LogP) is 4.10. The summed E-state index contributed by atoms with van der Waals surface area (Å²) < 4.78 is 27.5. The van der Waals surface area contributed by atoms with E-state index in [4.69, 9.17) is 11.6 Å². The molecule has 1 aliphatic heterocycles. The van der Waals surface area contributed by atoms with Crippen molar-refractivity contribution >= 4 is 35.3 Å². The van der Waals surface area contributed by atoms with Gasteiger partial charge in [0.05, 0.1) is 10.4 Å². The summed E-state index contributed by atoms with van der Waals surface area (Å²) in [6, 6.07) is 7.85. The average Bonchev–Trinajstić information content (AvgIpc) is 2.90. The third kappa shape index (κ3) is 3.78. The summed E-state index contributed by atoms with van der Waals surface area (Å²) in [5, 5.41) is 3.30. The Balaban J connectivity index is 0.00000176. The molecule has 2 heterocycles. The minimum Gasteiger partial charge on any atom is -0.314 e. The molecule has 1 aliphatic rings. The SMILES string of the molecule is Cl.Fc1ccc([C@H](c2ccc(Cl)s2)N2CCNCC2)cc1F. The number of hydrogen-bond donors (Lipinski definition) is 1. The Bertz CT molecular complexity index is 630. The van der Waals surface area contributed by atoms with Gasteiger partial charge in [0.2, 0.25) is 0 Å². The lowest BCUT2D eigenvalue weighted by atomic mass is 10.0. The van der Waals surface area contributed by atoms with E-state index in [-0.39, 0.29) is 18.4 Å². The molecular formula is C15H16Cl2F2N2S. The highest BCUT2D eigenvalue weighted by atomic mass is 35.5. The van der Waals surface area contributed by atoms with Crippen LogP contribution in [0.4, 0.5) is 8.78 Å². The molecule has 0 aliphatic carbocycles. The minimum atomic E-state index is -0.818. The zero-order chi connectivity index (χ0) is 14.8. The number of nitrogens with zero attached hydrogens (tertiary/aromatic N) is 1. The van der Waals surface area contributed by atoms with E-state index in [1.165, 1.54) is 23.5 Å². The Kier molecular flexibility index (Phi) is 6.17. The van der Waals surface area contributed by atoms with Crippen LogP contribution >= 0.6 is 35.3 Å². The van der Waals surface area contributed by atoms with Crippen molar-refractivity contribution in [2.24, 2.45) is 0 Å². The lowest BCUT2D eigenvalue weighted by Gasteiger charge is -2.34. The van der Waals surface area contributed by atoms with Crippen LogP contribution in [0.5, 0.6) is 0 Å². The van der Waals surface area contributed by atoms with Crippen LogP contribution in [0.1, 0.15) is 16.5 Å². The first-order chi connectivity index (χ1) is 10.1. The second kappa shape index (κ2) is 7.70. The van der Waals surface area contributed by atoms with E-state index in [0.29, 0.717) is 4.34 Å². The van der Waals surface area contributed by atoms with Gasteiger partial charge >= 0.3 is 0 Å². The first-order valence-electron chi connectivity index (χ1n) is 6.80. The number of thiophene rings is 1. The van der Waals surface area contributed by atoms with Crippen LogP contribution in [0.2, 0.25) is 4.34 Å². The van der Waals surface area contributed by atoms with Crippen molar-refractivity contribution < 1.29 is 8.78 Å². The minimum absolute atomic E-state index is 0. The van der Waals surface area contributed by atoms with Crippen molar-refractivity contribution in [3.63, 3.8) is 0 Å². The van der Waals surface area contributed by atoms with Gasteiger partial charge in [0.15, 0.2) is 11.6 Å². The van der Waals surface area contributed by atoms with Gasteiger partial charge in [0.1, 0.15) is 0 Å². The normalized spacial score (nSPS) is 17.0. The molecule has 0 amide bonds. The Morgan fingerprint density at radius 2 is 1.82 bits per heavy atom. The van der Waals surface area contributed by atoms with Crippen LogP contribution in [0, 0.1) is 11.6 Å². The summed E-state index contributed by atoms with van der Waals surface area (Å²) in [5.41, 5.74) is 0.759. The number of piperazine rings is 1. The fraction of sp³-hybridized carbons (Fsp3) is 0.333.